The van der Waals surface area contributed by atoms with Gasteiger partial charge in [-0.2, -0.15) is 0 Å². The molecule has 3 rings (SSSR count). The smallest absolute Gasteiger partial charge is 0.317 e. The highest BCUT2D eigenvalue weighted by atomic mass is 16.5. The molecule has 0 aromatic heterocycles. The number of methoxy groups -OCH3 is 2. The van der Waals surface area contributed by atoms with Crippen molar-refractivity contribution in [2.24, 2.45) is 0 Å². The van der Waals surface area contributed by atoms with Crippen molar-refractivity contribution in [2.75, 3.05) is 20.8 Å². The largest absolute Gasteiger partial charge is 0.497 e. The predicted octanol–water partition coefficient (Wildman–Crippen LogP) is 4.73. The van der Waals surface area contributed by atoms with Crippen molar-refractivity contribution in [1.82, 2.24) is 10.2 Å². The molecule has 2 N–H and O–H groups in total. The minimum absolute atomic E-state index is 0.0979. The van der Waals surface area contributed by atoms with Crippen LogP contribution in [0, 0.1) is 0 Å². The van der Waals surface area contributed by atoms with Gasteiger partial charge in [0.15, 0.2) is 0 Å². The monoisotopic (exact) mass is 462 g/mol. The van der Waals surface area contributed by atoms with Gasteiger partial charge in [0, 0.05) is 25.2 Å². The quantitative estimate of drug-likeness (QED) is 0.455. The summed E-state index contributed by atoms with van der Waals surface area (Å²) in [6, 6.07) is 20.6. The first-order valence-corrected chi connectivity index (χ1v) is 11.1. The second-order valence-electron chi connectivity index (χ2n) is 7.79. The molecule has 7 nitrogen and oxygen atoms in total. The van der Waals surface area contributed by atoms with Crippen molar-refractivity contribution in [3.63, 3.8) is 0 Å². The highest BCUT2D eigenvalue weighted by Crippen LogP contribution is 2.36. The van der Waals surface area contributed by atoms with Gasteiger partial charge in [0.1, 0.15) is 11.5 Å². The molecule has 0 aliphatic rings. The van der Waals surface area contributed by atoms with Crippen LogP contribution in [-0.2, 0) is 24.3 Å². The summed E-state index contributed by atoms with van der Waals surface area (Å²) in [4.78, 5) is 25.9. The third-order valence-electron chi connectivity index (χ3n) is 5.54. The molecular weight excluding hydrogens is 432 g/mol. The number of nitrogens with zero attached hydrogens (tertiary/aromatic N) is 1. The Morgan fingerprint density at radius 1 is 0.912 bits per heavy atom. The van der Waals surface area contributed by atoms with E-state index in [-0.39, 0.29) is 12.5 Å². The van der Waals surface area contributed by atoms with Gasteiger partial charge in [-0.25, -0.2) is 4.79 Å². The molecule has 0 unspecified atom stereocenters. The van der Waals surface area contributed by atoms with Crippen LogP contribution in [0.25, 0.3) is 11.1 Å². The maximum Gasteiger partial charge on any atom is 0.317 e. The molecule has 0 atom stereocenters. The summed E-state index contributed by atoms with van der Waals surface area (Å²) in [7, 11) is 3.16. The van der Waals surface area contributed by atoms with E-state index in [1.165, 1.54) is 0 Å². The molecule has 3 aromatic carbocycles. The number of carboxylic acids is 1. The van der Waals surface area contributed by atoms with Gasteiger partial charge in [0.25, 0.3) is 0 Å². The Morgan fingerprint density at radius 2 is 1.68 bits per heavy atom. The summed E-state index contributed by atoms with van der Waals surface area (Å²) < 4.78 is 11.0. The number of carboxylic acid groups (broad SMARTS) is 1. The van der Waals surface area contributed by atoms with Crippen molar-refractivity contribution in [1.29, 1.82) is 0 Å². The van der Waals surface area contributed by atoms with Gasteiger partial charge in [-0.1, -0.05) is 42.5 Å². The van der Waals surface area contributed by atoms with Crippen molar-refractivity contribution >= 4 is 12.0 Å². The molecule has 0 saturated carbocycles. The number of aliphatic carboxylic acids is 1. The number of carbonyl (C=O) groups is 2. The van der Waals surface area contributed by atoms with Crippen LogP contribution in [0.15, 0.2) is 66.7 Å². The third-order valence-corrected chi connectivity index (χ3v) is 5.54. The number of amides is 2. The van der Waals surface area contributed by atoms with Gasteiger partial charge < -0.3 is 24.8 Å². The number of nitrogens with one attached hydrogen (secondary N) is 1. The Labute approximate surface area is 199 Å². The van der Waals surface area contributed by atoms with Crippen LogP contribution in [0.1, 0.15) is 23.6 Å². The summed E-state index contributed by atoms with van der Waals surface area (Å²) in [5, 5.41) is 12.2. The maximum absolute atomic E-state index is 12.9. The molecule has 0 aliphatic carbocycles. The van der Waals surface area contributed by atoms with E-state index in [0.29, 0.717) is 36.7 Å². The number of urea groups is 1. The molecule has 0 aliphatic heterocycles. The van der Waals surface area contributed by atoms with E-state index in [4.69, 9.17) is 9.47 Å². The molecule has 0 heterocycles. The Morgan fingerprint density at radius 3 is 2.32 bits per heavy atom. The number of hydrogen-bond acceptors (Lipinski definition) is 4. The first-order valence-electron chi connectivity index (χ1n) is 11.1. The van der Waals surface area contributed by atoms with E-state index in [2.05, 4.69) is 5.32 Å². The first kappa shape index (κ1) is 24.6. The molecule has 0 bridgehead atoms. The fourth-order valence-corrected chi connectivity index (χ4v) is 3.74. The first-order chi connectivity index (χ1) is 16.4. The van der Waals surface area contributed by atoms with E-state index in [1.54, 1.807) is 31.3 Å². The minimum Gasteiger partial charge on any atom is -0.497 e. The molecular formula is C27H30N2O5. The fraction of sp³-hybridized carbons (Fsp3) is 0.259. The molecule has 0 radical (unpaired) electrons. The number of hydrogen-bond donors (Lipinski definition) is 2. The number of carbonyl (C=O) groups excluding carboxylic acids is 1. The fourth-order valence-electron chi connectivity index (χ4n) is 3.74. The van der Waals surface area contributed by atoms with Crippen molar-refractivity contribution in [3.05, 3.63) is 83.4 Å². The normalized spacial score (nSPS) is 10.4. The Kier molecular flexibility index (Phi) is 8.51. The van der Waals surface area contributed by atoms with Crippen molar-refractivity contribution < 1.29 is 24.2 Å². The van der Waals surface area contributed by atoms with Crippen LogP contribution in [0.2, 0.25) is 0 Å². The van der Waals surface area contributed by atoms with Crippen molar-refractivity contribution in [3.8, 4) is 22.6 Å². The Bertz CT molecular complexity index is 1130. The molecule has 178 valence electrons. The highest BCUT2D eigenvalue weighted by Gasteiger charge is 2.18. The predicted molar refractivity (Wildman–Crippen MR) is 131 cm³/mol. The van der Waals surface area contributed by atoms with Crippen LogP contribution < -0.4 is 14.8 Å². The van der Waals surface area contributed by atoms with Gasteiger partial charge in [-0.15, -0.1) is 0 Å². The minimum atomic E-state index is -0.908. The Balaban J connectivity index is 1.92. The average Bonchev–Trinajstić information content (AvgIpc) is 2.86. The molecule has 34 heavy (non-hydrogen) atoms. The number of ether oxygens (including phenoxy) is 2. The zero-order chi connectivity index (χ0) is 24.5. The average molecular weight is 463 g/mol. The molecule has 2 amide bonds. The molecule has 0 spiro atoms. The van der Waals surface area contributed by atoms with Crippen LogP contribution in [0.3, 0.4) is 0 Å². The molecule has 7 heteroatoms. The van der Waals surface area contributed by atoms with Crippen LogP contribution in [0.4, 0.5) is 4.79 Å². The van der Waals surface area contributed by atoms with Gasteiger partial charge in [-0.05, 0) is 53.4 Å². The lowest BCUT2D eigenvalue weighted by atomic mass is 9.95. The highest BCUT2D eigenvalue weighted by molar-refractivity contribution is 5.79. The Hall–Kier alpha value is -4.00. The number of rotatable bonds is 10. The lowest BCUT2D eigenvalue weighted by Gasteiger charge is -2.24. The SMILES string of the molecule is CCN(Cc1ccc(OC)cc1-c1cc(CC(=O)O)ccc1OC)C(=O)NCc1ccccc1. The lowest BCUT2D eigenvalue weighted by molar-refractivity contribution is -0.136. The third kappa shape index (κ3) is 6.28. The van der Waals surface area contributed by atoms with Crippen molar-refractivity contribution in [2.45, 2.75) is 26.4 Å². The van der Waals surface area contributed by atoms with Gasteiger partial charge in [0.05, 0.1) is 20.6 Å². The molecule has 3 aromatic rings. The zero-order valence-electron chi connectivity index (χ0n) is 19.7. The van der Waals surface area contributed by atoms with Crippen LogP contribution in [-0.4, -0.2) is 42.8 Å². The summed E-state index contributed by atoms with van der Waals surface area (Å²) in [5.41, 5.74) is 4.14. The molecule has 0 saturated heterocycles. The van der Waals surface area contributed by atoms with E-state index >= 15 is 0 Å². The van der Waals surface area contributed by atoms with E-state index in [9.17, 15) is 14.7 Å². The summed E-state index contributed by atoms with van der Waals surface area (Å²) >= 11 is 0. The van der Waals surface area contributed by atoms with E-state index in [1.807, 2.05) is 61.5 Å². The number of benzene rings is 3. The van der Waals surface area contributed by atoms with E-state index in [0.717, 1.165) is 22.3 Å². The van der Waals surface area contributed by atoms with Gasteiger partial charge in [0.2, 0.25) is 0 Å². The summed E-state index contributed by atoms with van der Waals surface area (Å²) in [5.74, 6) is 0.357. The van der Waals surface area contributed by atoms with Crippen LogP contribution >= 0.6 is 0 Å². The second kappa shape index (κ2) is 11.7. The summed E-state index contributed by atoms with van der Waals surface area (Å²) in [6.07, 6.45) is -0.0979. The van der Waals surface area contributed by atoms with Gasteiger partial charge >= 0.3 is 12.0 Å². The topological polar surface area (TPSA) is 88.1 Å². The zero-order valence-corrected chi connectivity index (χ0v) is 19.7. The van der Waals surface area contributed by atoms with Crippen LogP contribution in [0.5, 0.6) is 11.5 Å². The van der Waals surface area contributed by atoms with E-state index < -0.39 is 5.97 Å². The lowest BCUT2D eigenvalue weighted by Crippen LogP contribution is -2.39. The summed E-state index contributed by atoms with van der Waals surface area (Å²) in [6.45, 7) is 3.25. The standard InChI is InChI=1S/C27H30N2O5/c1-4-29(27(32)28-17-19-8-6-5-7-9-19)18-21-11-12-22(33-2)16-23(21)24-14-20(15-26(30)31)10-13-25(24)34-3/h5-14,16H,4,15,17-18H2,1-3H3,(H,28,32)(H,30,31). The van der Waals surface area contributed by atoms with Gasteiger partial charge in [-0.3, -0.25) is 4.79 Å². The second-order valence-corrected chi connectivity index (χ2v) is 7.79. The molecule has 0 fully saturated rings. The maximum atomic E-state index is 12.9.